The van der Waals surface area contributed by atoms with Crippen molar-refractivity contribution >= 4 is 5.91 Å². The van der Waals surface area contributed by atoms with Gasteiger partial charge in [-0.25, -0.2) is 0 Å². The van der Waals surface area contributed by atoms with E-state index in [1.165, 1.54) is 25.3 Å². The van der Waals surface area contributed by atoms with E-state index < -0.39 is 6.61 Å². The predicted octanol–water partition coefficient (Wildman–Crippen LogP) is 4.40. The summed E-state index contributed by atoms with van der Waals surface area (Å²) in [6, 6.07) is 9.94. The Balaban J connectivity index is 2.18. The van der Waals surface area contributed by atoms with Crippen molar-refractivity contribution in [1.29, 1.82) is 0 Å². The molecule has 0 aliphatic carbocycles. The summed E-state index contributed by atoms with van der Waals surface area (Å²) in [5, 5.41) is 2.91. The first-order valence-electron chi connectivity index (χ1n) is 7.82. The quantitative estimate of drug-likeness (QED) is 0.841. The molecular formula is C19H21F2NO3. The van der Waals surface area contributed by atoms with Crippen LogP contribution >= 0.6 is 0 Å². The van der Waals surface area contributed by atoms with E-state index in [1.54, 1.807) is 0 Å². The third-order valence-electron chi connectivity index (χ3n) is 3.89. The van der Waals surface area contributed by atoms with E-state index >= 15 is 0 Å². The largest absolute Gasteiger partial charge is 0.493 e. The molecular weight excluding hydrogens is 328 g/mol. The van der Waals surface area contributed by atoms with Gasteiger partial charge in [-0.3, -0.25) is 4.79 Å². The first-order chi connectivity index (χ1) is 11.8. The van der Waals surface area contributed by atoms with Gasteiger partial charge in [0.2, 0.25) is 0 Å². The van der Waals surface area contributed by atoms with Gasteiger partial charge in [-0.05, 0) is 50.1 Å². The Morgan fingerprint density at radius 3 is 2.44 bits per heavy atom. The lowest BCUT2D eigenvalue weighted by Crippen LogP contribution is -2.27. The fourth-order valence-electron chi connectivity index (χ4n) is 2.59. The van der Waals surface area contributed by atoms with Gasteiger partial charge in [-0.2, -0.15) is 8.78 Å². The Morgan fingerprint density at radius 2 is 1.80 bits per heavy atom. The number of carbonyl (C=O) groups excluding carboxylic acids is 1. The standard InChI is InChI=1S/C19H21F2NO3/c1-11-5-6-12(2)15(9-11)13(3)22-18(23)14-7-8-16(25-19(20)21)17(10-14)24-4/h5-10,13,19H,1-4H3,(H,22,23). The predicted molar refractivity (Wildman–Crippen MR) is 91.4 cm³/mol. The van der Waals surface area contributed by atoms with Crippen LogP contribution in [0.4, 0.5) is 8.78 Å². The molecule has 1 atom stereocenters. The average Bonchev–Trinajstić information content (AvgIpc) is 2.56. The number of aryl methyl sites for hydroxylation is 2. The molecule has 1 unspecified atom stereocenters. The second kappa shape index (κ2) is 7.96. The zero-order chi connectivity index (χ0) is 18.6. The van der Waals surface area contributed by atoms with Gasteiger partial charge in [0.05, 0.1) is 13.2 Å². The summed E-state index contributed by atoms with van der Waals surface area (Å²) in [5.41, 5.74) is 3.52. The van der Waals surface area contributed by atoms with Crippen LogP contribution < -0.4 is 14.8 Å². The number of benzene rings is 2. The van der Waals surface area contributed by atoms with Gasteiger partial charge < -0.3 is 14.8 Å². The van der Waals surface area contributed by atoms with Crippen molar-refractivity contribution in [2.24, 2.45) is 0 Å². The molecule has 0 fully saturated rings. The van der Waals surface area contributed by atoms with E-state index in [4.69, 9.17) is 4.74 Å². The summed E-state index contributed by atoms with van der Waals surface area (Å²) < 4.78 is 34.1. The second-order valence-electron chi connectivity index (χ2n) is 5.80. The Labute approximate surface area is 145 Å². The highest BCUT2D eigenvalue weighted by Crippen LogP contribution is 2.29. The number of carbonyl (C=O) groups is 1. The number of rotatable bonds is 6. The minimum atomic E-state index is -2.96. The molecule has 1 N–H and O–H groups in total. The molecule has 6 heteroatoms. The average molecular weight is 349 g/mol. The first-order valence-corrected chi connectivity index (χ1v) is 7.82. The molecule has 0 heterocycles. The van der Waals surface area contributed by atoms with Crippen LogP contribution in [0.3, 0.4) is 0 Å². The summed E-state index contributed by atoms with van der Waals surface area (Å²) in [6.45, 7) is 2.91. The highest BCUT2D eigenvalue weighted by atomic mass is 19.3. The molecule has 0 aromatic heterocycles. The van der Waals surface area contributed by atoms with Crippen LogP contribution in [-0.4, -0.2) is 19.6 Å². The monoisotopic (exact) mass is 349 g/mol. The maximum Gasteiger partial charge on any atom is 0.387 e. The minimum Gasteiger partial charge on any atom is -0.493 e. The highest BCUT2D eigenvalue weighted by molar-refractivity contribution is 5.95. The van der Waals surface area contributed by atoms with Crippen molar-refractivity contribution in [3.05, 3.63) is 58.7 Å². The van der Waals surface area contributed by atoms with Crippen LogP contribution in [0, 0.1) is 13.8 Å². The normalized spacial score (nSPS) is 12.0. The Bertz CT molecular complexity index is 762. The smallest absolute Gasteiger partial charge is 0.387 e. The molecule has 2 rings (SSSR count). The summed E-state index contributed by atoms with van der Waals surface area (Å²) in [7, 11) is 1.33. The molecule has 4 nitrogen and oxygen atoms in total. The van der Waals surface area contributed by atoms with Crippen molar-refractivity contribution in [3.63, 3.8) is 0 Å². The van der Waals surface area contributed by atoms with Gasteiger partial charge in [-0.15, -0.1) is 0 Å². The molecule has 0 spiro atoms. The molecule has 25 heavy (non-hydrogen) atoms. The van der Waals surface area contributed by atoms with Gasteiger partial charge in [0.25, 0.3) is 5.91 Å². The summed E-state index contributed by atoms with van der Waals surface area (Å²) in [5.74, 6) is -0.362. The maximum atomic E-state index is 12.5. The number of halogens is 2. The van der Waals surface area contributed by atoms with Crippen LogP contribution in [0.15, 0.2) is 36.4 Å². The van der Waals surface area contributed by atoms with E-state index in [9.17, 15) is 13.6 Å². The molecule has 0 saturated heterocycles. The molecule has 0 aliphatic rings. The van der Waals surface area contributed by atoms with Crippen LogP contribution in [0.2, 0.25) is 0 Å². The second-order valence-corrected chi connectivity index (χ2v) is 5.80. The molecule has 1 amide bonds. The maximum absolute atomic E-state index is 12.5. The number of methoxy groups -OCH3 is 1. The molecule has 134 valence electrons. The Morgan fingerprint density at radius 1 is 1.08 bits per heavy atom. The van der Waals surface area contributed by atoms with Crippen LogP contribution in [0.5, 0.6) is 11.5 Å². The molecule has 0 aliphatic heterocycles. The number of hydrogen-bond donors (Lipinski definition) is 1. The number of nitrogens with one attached hydrogen (secondary N) is 1. The lowest BCUT2D eigenvalue weighted by Gasteiger charge is -2.18. The Hall–Kier alpha value is -2.63. The number of ether oxygens (including phenoxy) is 2. The van der Waals surface area contributed by atoms with Crippen molar-refractivity contribution in [3.8, 4) is 11.5 Å². The van der Waals surface area contributed by atoms with Gasteiger partial charge in [-0.1, -0.05) is 23.8 Å². The topological polar surface area (TPSA) is 47.6 Å². The number of amides is 1. The zero-order valence-electron chi connectivity index (χ0n) is 14.6. The van der Waals surface area contributed by atoms with Crippen molar-refractivity contribution in [2.75, 3.05) is 7.11 Å². The van der Waals surface area contributed by atoms with E-state index in [0.717, 1.165) is 16.7 Å². The summed E-state index contributed by atoms with van der Waals surface area (Å²) >= 11 is 0. The van der Waals surface area contributed by atoms with Crippen LogP contribution in [0.1, 0.15) is 40.0 Å². The number of alkyl halides is 2. The van der Waals surface area contributed by atoms with Crippen molar-refractivity contribution in [2.45, 2.75) is 33.4 Å². The van der Waals surface area contributed by atoms with E-state index in [2.05, 4.69) is 10.1 Å². The van der Waals surface area contributed by atoms with Crippen molar-refractivity contribution in [1.82, 2.24) is 5.32 Å². The molecule has 0 saturated carbocycles. The summed E-state index contributed by atoms with van der Waals surface area (Å²) in [4.78, 5) is 12.5. The number of hydrogen-bond acceptors (Lipinski definition) is 3. The van der Waals surface area contributed by atoms with E-state index in [-0.39, 0.29) is 23.4 Å². The molecule has 2 aromatic carbocycles. The van der Waals surface area contributed by atoms with Gasteiger partial charge >= 0.3 is 6.61 Å². The SMILES string of the molecule is COc1cc(C(=O)NC(C)c2cc(C)ccc2C)ccc1OC(F)F. The highest BCUT2D eigenvalue weighted by Gasteiger charge is 2.17. The lowest BCUT2D eigenvalue weighted by atomic mass is 9.99. The van der Waals surface area contributed by atoms with Crippen LogP contribution in [0.25, 0.3) is 0 Å². The zero-order valence-corrected chi connectivity index (χ0v) is 14.6. The summed E-state index contributed by atoms with van der Waals surface area (Å²) in [6.07, 6.45) is 0. The molecule has 0 bridgehead atoms. The Kier molecular flexibility index (Phi) is 5.96. The lowest BCUT2D eigenvalue weighted by molar-refractivity contribution is -0.0512. The molecule has 2 aromatic rings. The van der Waals surface area contributed by atoms with Gasteiger partial charge in [0, 0.05) is 5.56 Å². The molecule has 0 radical (unpaired) electrons. The van der Waals surface area contributed by atoms with E-state index in [1.807, 2.05) is 39.0 Å². The fourth-order valence-corrected chi connectivity index (χ4v) is 2.59. The van der Waals surface area contributed by atoms with E-state index in [0.29, 0.717) is 5.56 Å². The first kappa shape index (κ1) is 18.7. The van der Waals surface area contributed by atoms with Gasteiger partial charge in [0.15, 0.2) is 11.5 Å². The third-order valence-corrected chi connectivity index (χ3v) is 3.89. The third kappa shape index (κ3) is 4.68. The minimum absolute atomic E-state index is 0.0762. The fraction of sp³-hybridized carbons (Fsp3) is 0.316. The van der Waals surface area contributed by atoms with Crippen LogP contribution in [-0.2, 0) is 0 Å². The van der Waals surface area contributed by atoms with Gasteiger partial charge in [0.1, 0.15) is 0 Å². The van der Waals surface area contributed by atoms with Crippen molar-refractivity contribution < 1.29 is 23.0 Å².